The van der Waals surface area contributed by atoms with E-state index in [0.717, 1.165) is 11.1 Å². The van der Waals surface area contributed by atoms with E-state index in [2.05, 4.69) is 10.6 Å². The zero-order chi connectivity index (χ0) is 18.8. The van der Waals surface area contributed by atoms with Crippen LogP contribution in [0.4, 0.5) is 0 Å². The second-order valence-corrected chi connectivity index (χ2v) is 7.11. The van der Waals surface area contributed by atoms with Gasteiger partial charge in [0.2, 0.25) is 5.91 Å². The zero-order valence-electron chi connectivity index (χ0n) is 15.3. The highest BCUT2D eigenvalue weighted by Crippen LogP contribution is 2.08. The first-order chi connectivity index (χ1) is 12.5. The Morgan fingerprint density at radius 1 is 1.15 bits per heavy atom. The maximum atomic E-state index is 11.9. The minimum Gasteiger partial charge on any atom is -0.374 e. The molecule has 0 spiro atoms. The average molecular weight is 375 g/mol. The SMILES string of the molecule is CC(C)OCc1cccc(CNC(=O)CCCNC(=O)c2ccsc2)c1. The molecule has 0 atom stereocenters. The van der Waals surface area contributed by atoms with Crippen molar-refractivity contribution in [2.24, 2.45) is 0 Å². The molecule has 0 aliphatic rings. The number of hydrogen-bond acceptors (Lipinski definition) is 4. The van der Waals surface area contributed by atoms with E-state index >= 15 is 0 Å². The molecule has 0 bridgehead atoms. The van der Waals surface area contributed by atoms with Gasteiger partial charge >= 0.3 is 0 Å². The van der Waals surface area contributed by atoms with Gasteiger partial charge in [0.15, 0.2) is 0 Å². The Morgan fingerprint density at radius 3 is 2.69 bits per heavy atom. The van der Waals surface area contributed by atoms with E-state index in [1.165, 1.54) is 11.3 Å². The topological polar surface area (TPSA) is 67.4 Å². The van der Waals surface area contributed by atoms with Crippen molar-refractivity contribution in [1.29, 1.82) is 0 Å². The molecule has 6 heteroatoms. The van der Waals surface area contributed by atoms with Crippen LogP contribution in [-0.2, 0) is 22.7 Å². The molecule has 0 radical (unpaired) electrons. The molecule has 0 fully saturated rings. The van der Waals surface area contributed by atoms with Crippen molar-refractivity contribution in [3.05, 3.63) is 57.8 Å². The third-order valence-electron chi connectivity index (χ3n) is 3.71. The van der Waals surface area contributed by atoms with E-state index in [1.54, 1.807) is 6.07 Å². The maximum absolute atomic E-state index is 11.9. The maximum Gasteiger partial charge on any atom is 0.252 e. The van der Waals surface area contributed by atoms with Crippen LogP contribution in [0.1, 0.15) is 48.2 Å². The molecule has 0 saturated heterocycles. The van der Waals surface area contributed by atoms with Crippen molar-refractivity contribution in [1.82, 2.24) is 10.6 Å². The molecular weight excluding hydrogens is 348 g/mol. The molecule has 0 unspecified atom stereocenters. The van der Waals surface area contributed by atoms with Gasteiger partial charge < -0.3 is 15.4 Å². The quantitative estimate of drug-likeness (QED) is 0.626. The minimum absolute atomic E-state index is 0.0152. The summed E-state index contributed by atoms with van der Waals surface area (Å²) in [6.07, 6.45) is 1.20. The van der Waals surface area contributed by atoms with Crippen molar-refractivity contribution >= 4 is 23.2 Å². The first-order valence-electron chi connectivity index (χ1n) is 8.81. The van der Waals surface area contributed by atoms with Crippen LogP contribution in [0.3, 0.4) is 0 Å². The van der Waals surface area contributed by atoms with Gasteiger partial charge in [0.05, 0.1) is 12.7 Å². The first-order valence-corrected chi connectivity index (χ1v) is 9.75. The highest BCUT2D eigenvalue weighted by atomic mass is 32.1. The summed E-state index contributed by atoms with van der Waals surface area (Å²) >= 11 is 1.49. The van der Waals surface area contributed by atoms with E-state index in [0.29, 0.717) is 38.1 Å². The lowest BCUT2D eigenvalue weighted by Gasteiger charge is -2.10. The fourth-order valence-electron chi connectivity index (χ4n) is 2.33. The van der Waals surface area contributed by atoms with Crippen molar-refractivity contribution < 1.29 is 14.3 Å². The monoisotopic (exact) mass is 374 g/mol. The Kier molecular flexibility index (Phi) is 8.31. The second-order valence-electron chi connectivity index (χ2n) is 6.33. The molecule has 2 rings (SSSR count). The van der Waals surface area contributed by atoms with Gasteiger partial charge in [0, 0.05) is 30.5 Å². The van der Waals surface area contributed by atoms with Gasteiger partial charge in [-0.1, -0.05) is 24.3 Å². The standard InChI is InChI=1S/C20H26N2O3S/c1-15(2)25-13-17-6-3-5-16(11-17)12-22-19(23)7-4-9-21-20(24)18-8-10-26-14-18/h3,5-6,8,10-11,14-15H,4,7,9,12-13H2,1-2H3,(H,21,24)(H,22,23). The Bertz CT molecular complexity index is 699. The van der Waals surface area contributed by atoms with Crippen LogP contribution in [0, 0.1) is 0 Å². The molecule has 5 nitrogen and oxygen atoms in total. The van der Waals surface area contributed by atoms with Crippen LogP contribution in [0.15, 0.2) is 41.1 Å². The lowest BCUT2D eigenvalue weighted by Crippen LogP contribution is -2.27. The Balaban J connectivity index is 1.64. The molecule has 0 aliphatic heterocycles. The Hall–Kier alpha value is -2.18. The number of amides is 2. The van der Waals surface area contributed by atoms with Gasteiger partial charge in [0.25, 0.3) is 5.91 Å². The van der Waals surface area contributed by atoms with Gasteiger partial charge in [-0.3, -0.25) is 9.59 Å². The van der Waals surface area contributed by atoms with E-state index in [1.807, 2.05) is 48.9 Å². The largest absolute Gasteiger partial charge is 0.374 e. The third kappa shape index (κ3) is 7.37. The summed E-state index contributed by atoms with van der Waals surface area (Å²) in [4.78, 5) is 23.7. The fraction of sp³-hybridized carbons (Fsp3) is 0.400. The number of ether oxygens (including phenoxy) is 1. The first kappa shape index (κ1) is 20.1. The molecule has 2 N–H and O–H groups in total. The molecule has 2 aromatic rings. The van der Waals surface area contributed by atoms with Gasteiger partial charge in [-0.05, 0) is 42.8 Å². The molecule has 2 amide bonds. The van der Waals surface area contributed by atoms with Crippen LogP contribution in [0.25, 0.3) is 0 Å². The number of hydrogen-bond donors (Lipinski definition) is 2. The highest BCUT2D eigenvalue weighted by molar-refractivity contribution is 7.08. The third-order valence-corrected chi connectivity index (χ3v) is 4.40. The number of rotatable bonds is 10. The summed E-state index contributed by atoms with van der Waals surface area (Å²) in [5.41, 5.74) is 2.82. The molecule has 26 heavy (non-hydrogen) atoms. The van der Waals surface area contributed by atoms with Crippen molar-refractivity contribution in [3.63, 3.8) is 0 Å². The van der Waals surface area contributed by atoms with Crippen LogP contribution in [0.2, 0.25) is 0 Å². The van der Waals surface area contributed by atoms with Crippen LogP contribution in [-0.4, -0.2) is 24.5 Å². The number of nitrogens with one attached hydrogen (secondary N) is 2. The second kappa shape index (κ2) is 10.7. The number of thiophene rings is 1. The van der Waals surface area contributed by atoms with Gasteiger partial charge in [-0.25, -0.2) is 0 Å². The Morgan fingerprint density at radius 2 is 1.96 bits per heavy atom. The average Bonchev–Trinajstić information content (AvgIpc) is 3.17. The van der Waals surface area contributed by atoms with Gasteiger partial charge in [0.1, 0.15) is 0 Å². The van der Waals surface area contributed by atoms with Crippen molar-refractivity contribution in [3.8, 4) is 0 Å². The number of carbonyl (C=O) groups excluding carboxylic acids is 2. The van der Waals surface area contributed by atoms with E-state index < -0.39 is 0 Å². The molecule has 0 saturated carbocycles. The summed E-state index contributed by atoms with van der Waals surface area (Å²) < 4.78 is 5.60. The Labute approximate surface area is 158 Å². The molecule has 1 aromatic heterocycles. The predicted molar refractivity (Wildman–Crippen MR) is 104 cm³/mol. The summed E-state index contributed by atoms with van der Waals surface area (Å²) in [5.74, 6) is -0.106. The zero-order valence-corrected chi connectivity index (χ0v) is 16.1. The lowest BCUT2D eigenvalue weighted by molar-refractivity contribution is -0.121. The molecule has 0 aliphatic carbocycles. The van der Waals surface area contributed by atoms with E-state index in [4.69, 9.17) is 4.74 Å². The van der Waals surface area contributed by atoms with Crippen LogP contribution < -0.4 is 10.6 Å². The molecular formula is C20H26N2O3S. The number of carbonyl (C=O) groups is 2. The molecule has 140 valence electrons. The summed E-state index contributed by atoms with van der Waals surface area (Å²) in [6, 6.07) is 9.81. The smallest absolute Gasteiger partial charge is 0.252 e. The summed E-state index contributed by atoms with van der Waals surface area (Å²) in [5, 5.41) is 9.41. The van der Waals surface area contributed by atoms with Gasteiger partial charge in [-0.2, -0.15) is 11.3 Å². The fourth-order valence-corrected chi connectivity index (χ4v) is 2.96. The number of benzene rings is 1. The van der Waals surface area contributed by atoms with Crippen LogP contribution >= 0.6 is 11.3 Å². The molecule has 1 heterocycles. The summed E-state index contributed by atoms with van der Waals surface area (Å²) in [7, 11) is 0. The lowest BCUT2D eigenvalue weighted by atomic mass is 10.1. The van der Waals surface area contributed by atoms with E-state index in [9.17, 15) is 9.59 Å². The summed E-state index contributed by atoms with van der Waals surface area (Å²) in [6.45, 7) is 5.57. The normalized spacial score (nSPS) is 10.7. The predicted octanol–water partition coefficient (Wildman–Crippen LogP) is 3.50. The highest BCUT2D eigenvalue weighted by Gasteiger charge is 2.06. The van der Waals surface area contributed by atoms with Crippen LogP contribution in [0.5, 0.6) is 0 Å². The van der Waals surface area contributed by atoms with Crippen molar-refractivity contribution in [2.75, 3.05) is 6.54 Å². The van der Waals surface area contributed by atoms with Gasteiger partial charge in [-0.15, -0.1) is 0 Å². The van der Waals surface area contributed by atoms with Crippen molar-refractivity contribution in [2.45, 2.75) is 45.9 Å². The van der Waals surface area contributed by atoms with E-state index in [-0.39, 0.29) is 17.9 Å². The minimum atomic E-state index is -0.0907. The molecule has 1 aromatic carbocycles.